The van der Waals surface area contributed by atoms with Crippen molar-refractivity contribution >= 4 is 11.6 Å². The van der Waals surface area contributed by atoms with Crippen LogP contribution in [0.25, 0.3) is 5.69 Å². The molecule has 1 N–H and O–H groups in total. The predicted octanol–water partition coefficient (Wildman–Crippen LogP) is 3.38. The smallest absolute Gasteiger partial charge is 0.295 e. The first-order valence-corrected chi connectivity index (χ1v) is 9.93. The van der Waals surface area contributed by atoms with Gasteiger partial charge >= 0.3 is 0 Å². The van der Waals surface area contributed by atoms with E-state index < -0.39 is 0 Å². The summed E-state index contributed by atoms with van der Waals surface area (Å²) in [6.45, 7) is 1.67. The predicted molar refractivity (Wildman–Crippen MR) is 113 cm³/mol. The summed E-state index contributed by atoms with van der Waals surface area (Å²) in [4.78, 5) is 25.3. The fourth-order valence-electron chi connectivity index (χ4n) is 3.84. The van der Waals surface area contributed by atoms with Gasteiger partial charge in [0, 0.05) is 7.05 Å². The molecule has 0 spiro atoms. The highest BCUT2D eigenvalue weighted by molar-refractivity contribution is 5.92. The van der Waals surface area contributed by atoms with Gasteiger partial charge in [-0.3, -0.25) is 14.3 Å². The van der Waals surface area contributed by atoms with Crippen LogP contribution in [-0.4, -0.2) is 21.9 Å². The Morgan fingerprint density at radius 1 is 1.07 bits per heavy atom. The lowest BCUT2D eigenvalue weighted by Crippen LogP contribution is -2.25. The van der Waals surface area contributed by atoms with Crippen molar-refractivity contribution in [2.75, 3.05) is 11.9 Å². The molecule has 1 amide bonds. The van der Waals surface area contributed by atoms with Crippen molar-refractivity contribution in [2.45, 2.75) is 32.6 Å². The summed E-state index contributed by atoms with van der Waals surface area (Å²) in [7, 11) is 1.79. The van der Waals surface area contributed by atoms with E-state index in [1.165, 1.54) is 28.7 Å². The molecule has 0 fully saturated rings. The van der Waals surface area contributed by atoms with E-state index >= 15 is 0 Å². The summed E-state index contributed by atoms with van der Waals surface area (Å²) in [5.41, 5.74) is 4.11. The molecule has 1 aromatic heterocycles. The summed E-state index contributed by atoms with van der Waals surface area (Å²) < 4.78 is 8.95. The molecule has 6 nitrogen and oxygen atoms in total. The van der Waals surface area contributed by atoms with E-state index in [4.69, 9.17) is 4.74 Å². The monoisotopic (exact) mass is 391 g/mol. The van der Waals surface area contributed by atoms with E-state index in [2.05, 4.69) is 11.4 Å². The van der Waals surface area contributed by atoms with Crippen LogP contribution in [0.3, 0.4) is 0 Å². The Morgan fingerprint density at radius 2 is 1.79 bits per heavy atom. The maximum absolute atomic E-state index is 12.9. The Hall–Kier alpha value is -3.28. The molecular formula is C23H25N3O3. The fraction of sp³-hybridized carbons (Fsp3) is 0.304. The highest BCUT2D eigenvalue weighted by atomic mass is 16.5. The van der Waals surface area contributed by atoms with Gasteiger partial charge < -0.3 is 10.1 Å². The first-order valence-electron chi connectivity index (χ1n) is 9.93. The summed E-state index contributed by atoms with van der Waals surface area (Å²) >= 11 is 0. The van der Waals surface area contributed by atoms with Crippen LogP contribution < -0.4 is 15.6 Å². The van der Waals surface area contributed by atoms with Gasteiger partial charge in [0.2, 0.25) is 0 Å². The molecule has 1 aliphatic rings. The highest BCUT2D eigenvalue weighted by Crippen LogP contribution is 2.25. The van der Waals surface area contributed by atoms with E-state index in [0.717, 1.165) is 18.5 Å². The normalized spacial score (nSPS) is 13.0. The summed E-state index contributed by atoms with van der Waals surface area (Å²) in [5.74, 6) is 0.334. The second-order valence-corrected chi connectivity index (χ2v) is 7.41. The SMILES string of the molecule is Cc1c(NC(=O)COc2ccc3c(c2)CCCC3)c(=O)n(-c2ccccc2)n1C. The second kappa shape index (κ2) is 7.99. The number of nitrogens with zero attached hydrogens (tertiary/aromatic N) is 2. The number of anilines is 1. The van der Waals surface area contributed by atoms with Crippen LogP contribution in [0.4, 0.5) is 5.69 Å². The largest absolute Gasteiger partial charge is 0.484 e. The number of hydrogen-bond acceptors (Lipinski definition) is 3. The standard InChI is InChI=1S/C23H25N3O3/c1-16-22(23(28)26(25(16)2)19-10-4-3-5-11-19)24-21(27)15-29-20-13-12-17-8-6-7-9-18(17)14-20/h3-5,10-14H,6-9,15H2,1-2H3,(H,24,27). The zero-order valence-electron chi connectivity index (χ0n) is 16.8. The van der Waals surface area contributed by atoms with Crippen LogP contribution in [0.2, 0.25) is 0 Å². The minimum Gasteiger partial charge on any atom is -0.484 e. The number of amides is 1. The Morgan fingerprint density at radius 3 is 2.55 bits per heavy atom. The third-order valence-electron chi connectivity index (χ3n) is 5.51. The summed E-state index contributed by atoms with van der Waals surface area (Å²) in [6, 6.07) is 15.4. The molecule has 0 atom stereocenters. The molecule has 0 aliphatic heterocycles. The van der Waals surface area contributed by atoms with Gasteiger partial charge in [-0.25, -0.2) is 4.68 Å². The molecule has 29 heavy (non-hydrogen) atoms. The van der Waals surface area contributed by atoms with E-state index in [1.807, 2.05) is 42.5 Å². The lowest BCUT2D eigenvalue weighted by Gasteiger charge is -2.16. The number of carbonyl (C=O) groups excluding carboxylic acids is 1. The Labute approximate surface area is 169 Å². The Balaban J connectivity index is 1.47. The molecule has 0 bridgehead atoms. The number of ether oxygens (including phenoxy) is 1. The number of aromatic nitrogens is 2. The molecule has 1 heterocycles. The number of hydrogen-bond donors (Lipinski definition) is 1. The van der Waals surface area contributed by atoms with Gasteiger partial charge in [-0.1, -0.05) is 24.3 Å². The van der Waals surface area contributed by atoms with Crippen molar-refractivity contribution in [1.82, 2.24) is 9.36 Å². The molecule has 6 heteroatoms. The molecule has 4 rings (SSSR count). The summed E-state index contributed by atoms with van der Waals surface area (Å²) in [6.07, 6.45) is 4.59. The van der Waals surface area contributed by atoms with Crippen LogP contribution in [0, 0.1) is 6.92 Å². The van der Waals surface area contributed by atoms with Gasteiger partial charge in [-0.15, -0.1) is 0 Å². The molecule has 0 saturated carbocycles. The summed E-state index contributed by atoms with van der Waals surface area (Å²) in [5, 5.41) is 2.72. The van der Waals surface area contributed by atoms with Gasteiger partial charge in [0.05, 0.1) is 11.4 Å². The Kier molecular flexibility index (Phi) is 5.25. The van der Waals surface area contributed by atoms with Crippen LogP contribution in [-0.2, 0) is 24.7 Å². The topological polar surface area (TPSA) is 65.3 Å². The molecule has 150 valence electrons. The number of nitrogens with one attached hydrogen (secondary N) is 1. The average molecular weight is 391 g/mol. The number of para-hydroxylation sites is 1. The average Bonchev–Trinajstić information content (AvgIpc) is 2.96. The van der Waals surface area contributed by atoms with E-state index in [9.17, 15) is 9.59 Å². The van der Waals surface area contributed by atoms with Crippen LogP contribution >= 0.6 is 0 Å². The van der Waals surface area contributed by atoms with E-state index in [1.54, 1.807) is 18.7 Å². The minimum absolute atomic E-state index is 0.141. The molecule has 0 unspecified atom stereocenters. The van der Waals surface area contributed by atoms with Gasteiger partial charge in [0.1, 0.15) is 11.4 Å². The molecule has 1 aliphatic carbocycles. The number of benzene rings is 2. The third kappa shape index (κ3) is 3.83. The van der Waals surface area contributed by atoms with Crippen molar-refractivity contribution in [1.29, 1.82) is 0 Å². The van der Waals surface area contributed by atoms with E-state index in [-0.39, 0.29) is 23.8 Å². The van der Waals surface area contributed by atoms with Gasteiger partial charge in [0.25, 0.3) is 11.5 Å². The van der Waals surface area contributed by atoms with Gasteiger partial charge in [0.15, 0.2) is 6.61 Å². The van der Waals surface area contributed by atoms with Gasteiger partial charge in [-0.05, 0) is 68.0 Å². The lowest BCUT2D eigenvalue weighted by molar-refractivity contribution is -0.118. The van der Waals surface area contributed by atoms with Crippen molar-refractivity contribution in [3.8, 4) is 11.4 Å². The van der Waals surface area contributed by atoms with Crippen molar-refractivity contribution in [3.63, 3.8) is 0 Å². The van der Waals surface area contributed by atoms with Crippen molar-refractivity contribution in [2.24, 2.45) is 7.05 Å². The quantitative estimate of drug-likeness (QED) is 0.725. The lowest BCUT2D eigenvalue weighted by atomic mass is 9.92. The molecule has 3 aromatic rings. The molecule has 2 aromatic carbocycles. The minimum atomic E-state index is -0.353. The molecule has 0 saturated heterocycles. The maximum Gasteiger partial charge on any atom is 0.295 e. The number of aryl methyl sites for hydroxylation is 2. The first-order chi connectivity index (χ1) is 14.0. The van der Waals surface area contributed by atoms with Gasteiger partial charge in [-0.2, -0.15) is 0 Å². The number of rotatable bonds is 5. The first kappa shape index (κ1) is 19.1. The van der Waals surface area contributed by atoms with Crippen molar-refractivity contribution < 1.29 is 9.53 Å². The zero-order valence-corrected chi connectivity index (χ0v) is 16.8. The number of carbonyl (C=O) groups is 1. The highest BCUT2D eigenvalue weighted by Gasteiger charge is 2.18. The third-order valence-corrected chi connectivity index (χ3v) is 5.51. The fourth-order valence-corrected chi connectivity index (χ4v) is 3.84. The van der Waals surface area contributed by atoms with Crippen LogP contribution in [0.15, 0.2) is 53.3 Å². The molecule has 0 radical (unpaired) electrons. The van der Waals surface area contributed by atoms with Crippen LogP contribution in [0.5, 0.6) is 5.75 Å². The number of fused-ring (bicyclic) bond motifs is 1. The van der Waals surface area contributed by atoms with Crippen molar-refractivity contribution in [3.05, 3.63) is 75.7 Å². The second-order valence-electron chi connectivity index (χ2n) is 7.41. The van der Waals surface area contributed by atoms with E-state index in [0.29, 0.717) is 11.4 Å². The maximum atomic E-state index is 12.9. The van der Waals surface area contributed by atoms with Crippen LogP contribution in [0.1, 0.15) is 29.7 Å². The molecular weight excluding hydrogens is 366 g/mol. The Bertz CT molecular complexity index is 1100. The zero-order chi connectivity index (χ0) is 20.4.